The van der Waals surface area contributed by atoms with E-state index in [9.17, 15) is 18.0 Å². The van der Waals surface area contributed by atoms with Crippen molar-refractivity contribution in [2.45, 2.75) is 11.8 Å². The second-order valence-electron chi connectivity index (χ2n) is 7.39. The van der Waals surface area contributed by atoms with Gasteiger partial charge in [0.15, 0.2) is 5.75 Å². The van der Waals surface area contributed by atoms with Crippen LogP contribution in [0.4, 0.5) is 11.4 Å². The lowest BCUT2D eigenvalue weighted by atomic mass is 10.2. The van der Waals surface area contributed by atoms with Gasteiger partial charge in [-0.1, -0.05) is 52.5 Å². The zero-order chi connectivity index (χ0) is 25.2. The van der Waals surface area contributed by atoms with Gasteiger partial charge < -0.3 is 9.64 Å². The topological polar surface area (TPSA) is 84.0 Å². The standard InChI is InChI=1S/C23H19Cl3N2O5S/c1-14-4-10-18(11-5-14)34(31,32)28(17-8-6-16(7-9-17)27(2)3)22(29)23(30)33-21-19(25)12-15(24)13-20(21)26/h4-13H,1-3H3. The Balaban J connectivity index is 2.06. The van der Waals surface area contributed by atoms with E-state index in [4.69, 9.17) is 39.5 Å². The summed E-state index contributed by atoms with van der Waals surface area (Å²) in [5.41, 5.74) is 1.52. The maximum absolute atomic E-state index is 13.5. The maximum Gasteiger partial charge on any atom is 0.403 e. The number of halogens is 3. The summed E-state index contributed by atoms with van der Waals surface area (Å²) in [7, 11) is -0.878. The van der Waals surface area contributed by atoms with E-state index in [1.165, 1.54) is 36.4 Å². The number of carbonyl (C=O) groups excluding carboxylic acids is 2. The number of ether oxygens (including phenoxy) is 1. The fourth-order valence-corrected chi connectivity index (χ4v) is 5.19. The molecule has 0 aliphatic heterocycles. The maximum atomic E-state index is 13.5. The Hall–Kier alpha value is -2.78. The first kappa shape index (κ1) is 25.8. The lowest BCUT2D eigenvalue weighted by Crippen LogP contribution is -2.43. The Morgan fingerprint density at radius 2 is 1.32 bits per heavy atom. The van der Waals surface area contributed by atoms with Crippen molar-refractivity contribution in [3.05, 3.63) is 81.3 Å². The zero-order valence-corrected chi connectivity index (χ0v) is 21.3. The number of hydrogen-bond donors (Lipinski definition) is 0. The van der Waals surface area contributed by atoms with E-state index < -0.39 is 21.9 Å². The molecule has 0 aliphatic carbocycles. The highest BCUT2D eigenvalue weighted by Gasteiger charge is 2.37. The van der Waals surface area contributed by atoms with Gasteiger partial charge in [-0.05, 0) is 55.5 Å². The van der Waals surface area contributed by atoms with Crippen LogP contribution in [-0.2, 0) is 19.6 Å². The highest BCUT2D eigenvalue weighted by Crippen LogP contribution is 2.36. The molecule has 3 aromatic carbocycles. The average molecular weight is 542 g/mol. The first-order chi connectivity index (χ1) is 15.9. The monoisotopic (exact) mass is 540 g/mol. The predicted octanol–water partition coefficient (Wildman–Crippen LogP) is 5.35. The van der Waals surface area contributed by atoms with Gasteiger partial charge in [-0.3, -0.25) is 4.79 Å². The van der Waals surface area contributed by atoms with Crippen LogP contribution < -0.4 is 13.9 Å². The molecule has 0 unspecified atom stereocenters. The van der Waals surface area contributed by atoms with Gasteiger partial charge in [0.2, 0.25) is 0 Å². The highest BCUT2D eigenvalue weighted by molar-refractivity contribution is 7.93. The summed E-state index contributed by atoms with van der Waals surface area (Å²) < 4.78 is 32.4. The third-order valence-electron chi connectivity index (χ3n) is 4.68. The number of aryl methyl sites for hydroxylation is 1. The van der Waals surface area contributed by atoms with Crippen LogP contribution in [0.3, 0.4) is 0 Å². The molecule has 0 heterocycles. The van der Waals surface area contributed by atoms with Crippen molar-refractivity contribution in [3.63, 3.8) is 0 Å². The van der Waals surface area contributed by atoms with E-state index >= 15 is 0 Å². The largest absolute Gasteiger partial charge is 0.416 e. The highest BCUT2D eigenvalue weighted by atomic mass is 35.5. The van der Waals surface area contributed by atoms with Crippen molar-refractivity contribution in [2.24, 2.45) is 0 Å². The van der Waals surface area contributed by atoms with Crippen LogP contribution >= 0.6 is 34.8 Å². The molecule has 11 heteroatoms. The summed E-state index contributed by atoms with van der Waals surface area (Å²) in [5.74, 6) is -3.28. The average Bonchev–Trinajstić information content (AvgIpc) is 2.76. The molecule has 0 saturated carbocycles. The van der Waals surface area contributed by atoms with Crippen LogP contribution in [0.15, 0.2) is 65.6 Å². The number of sulfonamides is 1. The van der Waals surface area contributed by atoms with Crippen LogP contribution in [0.5, 0.6) is 5.75 Å². The van der Waals surface area contributed by atoms with Crippen molar-refractivity contribution in [3.8, 4) is 5.75 Å². The van der Waals surface area contributed by atoms with E-state index in [1.54, 1.807) is 50.2 Å². The van der Waals surface area contributed by atoms with Crippen molar-refractivity contribution >= 4 is 68.1 Å². The van der Waals surface area contributed by atoms with Crippen LogP contribution in [0.1, 0.15) is 5.56 Å². The SMILES string of the molecule is Cc1ccc(S(=O)(=O)N(C(=O)C(=O)Oc2c(Cl)cc(Cl)cc2Cl)c2ccc(N(C)C)cc2)cc1. The summed E-state index contributed by atoms with van der Waals surface area (Å²) in [4.78, 5) is 27.6. The van der Waals surface area contributed by atoms with E-state index in [1.807, 2.05) is 0 Å². The molecule has 0 atom stereocenters. The molecule has 0 radical (unpaired) electrons. The summed E-state index contributed by atoms with van der Waals surface area (Å²) in [6.45, 7) is 1.79. The molecule has 178 valence electrons. The lowest BCUT2D eigenvalue weighted by Gasteiger charge is -2.23. The van der Waals surface area contributed by atoms with Crippen LogP contribution in [0.2, 0.25) is 15.1 Å². The summed E-state index contributed by atoms with van der Waals surface area (Å²) in [5, 5.41) is -0.0606. The van der Waals surface area contributed by atoms with E-state index in [0.29, 0.717) is 4.31 Å². The molecule has 0 aromatic heterocycles. The molecular formula is C23H19Cl3N2O5S. The third kappa shape index (κ3) is 5.47. The zero-order valence-electron chi connectivity index (χ0n) is 18.3. The minimum absolute atomic E-state index is 0.0542. The normalized spacial score (nSPS) is 11.1. The van der Waals surface area contributed by atoms with Gasteiger partial charge in [-0.2, -0.15) is 4.31 Å². The molecule has 3 aromatic rings. The minimum atomic E-state index is -4.49. The molecule has 0 bridgehead atoms. The summed E-state index contributed by atoms with van der Waals surface area (Å²) in [6, 6.07) is 14.4. The van der Waals surface area contributed by atoms with E-state index in [0.717, 1.165) is 11.3 Å². The summed E-state index contributed by atoms with van der Waals surface area (Å²) in [6.07, 6.45) is 0. The molecule has 0 aliphatic rings. The van der Waals surface area contributed by atoms with Gasteiger partial charge in [0.1, 0.15) is 0 Å². The Labute approximate surface area is 212 Å². The van der Waals surface area contributed by atoms with Crippen molar-refractivity contribution in [2.75, 3.05) is 23.3 Å². The molecule has 0 spiro atoms. The number of benzene rings is 3. The smallest absolute Gasteiger partial charge is 0.403 e. The number of carbonyl (C=O) groups is 2. The van der Waals surface area contributed by atoms with E-state index in [2.05, 4.69) is 0 Å². The Bertz CT molecular complexity index is 1320. The molecule has 34 heavy (non-hydrogen) atoms. The second-order valence-corrected chi connectivity index (χ2v) is 10.4. The van der Waals surface area contributed by atoms with E-state index in [-0.39, 0.29) is 31.4 Å². The van der Waals surface area contributed by atoms with Crippen molar-refractivity contribution in [1.29, 1.82) is 0 Å². The molecule has 3 rings (SSSR count). The fourth-order valence-electron chi connectivity index (χ4n) is 2.91. The fraction of sp³-hybridized carbons (Fsp3) is 0.130. The van der Waals surface area contributed by atoms with Crippen LogP contribution in [0.25, 0.3) is 0 Å². The lowest BCUT2D eigenvalue weighted by molar-refractivity contribution is -0.146. The predicted molar refractivity (Wildman–Crippen MR) is 134 cm³/mol. The Kier molecular flexibility index (Phi) is 7.77. The molecule has 0 fully saturated rings. The molecular weight excluding hydrogens is 523 g/mol. The Morgan fingerprint density at radius 3 is 1.82 bits per heavy atom. The molecule has 0 saturated heterocycles. The quantitative estimate of drug-likeness (QED) is 0.246. The first-order valence-corrected chi connectivity index (χ1v) is 12.3. The van der Waals surface area contributed by atoms with Crippen LogP contribution in [0, 0.1) is 6.92 Å². The minimum Gasteiger partial charge on any atom is -0.416 e. The first-order valence-electron chi connectivity index (χ1n) is 9.72. The van der Waals surface area contributed by atoms with Gasteiger partial charge in [-0.25, -0.2) is 13.2 Å². The molecule has 0 N–H and O–H groups in total. The second kappa shape index (κ2) is 10.2. The molecule has 1 amide bonds. The van der Waals surface area contributed by atoms with Gasteiger partial charge in [-0.15, -0.1) is 0 Å². The summed E-state index contributed by atoms with van der Waals surface area (Å²) >= 11 is 17.9. The van der Waals surface area contributed by atoms with Crippen LogP contribution in [-0.4, -0.2) is 34.4 Å². The van der Waals surface area contributed by atoms with Gasteiger partial charge >= 0.3 is 11.9 Å². The number of amides is 1. The number of anilines is 2. The van der Waals surface area contributed by atoms with Crippen molar-refractivity contribution < 1.29 is 22.7 Å². The number of nitrogens with zero attached hydrogens (tertiary/aromatic N) is 2. The number of rotatable bonds is 5. The number of hydrogen-bond acceptors (Lipinski definition) is 6. The molecule has 7 nitrogen and oxygen atoms in total. The van der Waals surface area contributed by atoms with Crippen molar-refractivity contribution in [1.82, 2.24) is 0 Å². The van der Waals surface area contributed by atoms with Gasteiger partial charge in [0.05, 0.1) is 20.6 Å². The number of esters is 1. The Morgan fingerprint density at radius 1 is 0.824 bits per heavy atom. The van der Waals surface area contributed by atoms with Gasteiger partial charge in [0, 0.05) is 24.8 Å². The third-order valence-corrected chi connectivity index (χ3v) is 7.18. The van der Waals surface area contributed by atoms with Gasteiger partial charge in [0.25, 0.3) is 10.0 Å².